The van der Waals surface area contributed by atoms with Gasteiger partial charge in [0.2, 0.25) is 6.29 Å². The number of ether oxygens (including phenoxy) is 6. The average Bonchev–Trinajstić information content (AvgIpc) is 3.62. The van der Waals surface area contributed by atoms with Crippen molar-refractivity contribution in [2.45, 2.75) is 57.1 Å². The summed E-state index contributed by atoms with van der Waals surface area (Å²) < 4.78 is 43.6. The summed E-state index contributed by atoms with van der Waals surface area (Å²) in [6, 6.07) is 68.0. The molecular formula is C55H51NO6. The summed E-state index contributed by atoms with van der Waals surface area (Å²) in [6.07, 6.45) is -3.36. The summed E-state index contributed by atoms with van der Waals surface area (Å²) in [4.78, 5) is 0. The van der Waals surface area contributed by atoms with E-state index in [2.05, 4.69) is 133 Å². The van der Waals surface area contributed by atoms with E-state index in [0.717, 1.165) is 55.5 Å². The molecule has 0 amide bonds. The van der Waals surface area contributed by atoms with E-state index in [1.807, 2.05) is 78.9 Å². The number of hydrogen-bond acceptors (Lipinski definition) is 6. The normalized spacial score (nSPS) is 18.8. The second kappa shape index (κ2) is 20.0. The van der Waals surface area contributed by atoms with Crippen LogP contribution in [0.15, 0.2) is 200 Å². The fourth-order valence-corrected chi connectivity index (χ4v) is 8.30. The predicted octanol–water partition coefficient (Wildman–Crippen LogP) is 11.6. The van der Waals surface area contributed by atoms with Crippen molar-refractivity contribution in [2.24, 2.45) is 7.05 Å². The van der Waals surface area contributed by atoms with Crippen LogP contribution in [0.2, 0.25) is 0 Å². The molecule has 0 radical (unpaired) electrons. The van der Waals surface area contributed by atoms with E-state index in [4.69, 9.17) is 28.4 Å². The Bertz CT molecular complexity index is 2590. The number of rotatable bonds is 17. The minimum absolute atomic E-state index is 0.237. The lowest BCUT2D eigenvalue weighted by Gasteiger charge is -2.45. The Morgan fingerprint density at radius 3 is 1.45 bits per heavy atom. The molecule has 0 spiro atoms. The van der Waals surface area contributed by atoms with Crippen LogP contribution in [-0.2, 0) is 57.2 Å². The number of nitrogens with zero attached hydrogens (tertiary/aromatic N) is 1. The molecule has 2 heterocycles. The quantitative estimate of drug-likeness (QED) is 0.0912. The molecule has 1 saturated heterocycles. The van der Waals surface area contributed by atoms with Crippen molar-refractivity contribution in [3.05, 3.63) is 222 Å². The first kappa shape index (κ1) is 41.1. The first-order chi connectivity index (χ1) is 30.7. The van der Waals surface area contributed by atoms with Crippen molar-refractivity contribution >= 4 is 10.9 Å². The summed E-state index contributed by atoms with van der Waals surface area (Å²) in [5.74, 6) is 0.646. The van der Waals surface area contributed by atoms with Crippen molar-refractivity contribution in [1.29, 1.82) is 0 Å². The standard InChI is InChI=1S/C55H51NO6/c1-56-48-33-32-46(34-47(48)50(44-28-16-6-17-29-44)51(56)45-30-18-7-19-31-45)61-55-54(60-38-43-26-14-5-15-27-43)53(59-37-42-24-12-4-13-25-42)52(58-36-41-22-10-3-11-23-41)49(62-55)39-57-35-40-20-8-2-9-21-40/h2-34,49,52-55H,35-39H2,1H3/t49-,52-,53+,54-,55-/m1/s1. The molecule has 0 unspecified atom stereocenters. The first-order valence-electron chi connectivity index (χ1n) is 21.3. The highest BCUT2D eigenvalue weighted by Crippen LogP contribution is 2.42. The summed E-state index contributed by atoms with van der Waals surface area (Å²) in [7, 11) is 2.12. The highest BCUT2D eigenvalue weighted by atomic mass is 16.7. The van der Waals surface area contributed by atoms with Gasteiger partial charge in [0, 0.05) is 23.5 Å². The zero-order valence-electron chi connectivity index (χ0n) is 34.9. The molecule has 9 rings (SSSR count). The van der Waals surface area contributed by atoms with Crippen molar-refractivity contribution in [1.82, 2.24) is 4.57 Å². The molecular weight excluding hydrogens is 771 g/mol. The number of hydrogen-bond donors (Lipinski definition) is 0. The molecule has 1 aromatic heterocycles. The van der Waals surface area contributed by atoms with Crippen LogP contribution in [0.1, 0.15) is 22.3 Å². The van der Waals surface area contributed by atoms with Crippen LogP contribution in [0.5, 0.6) is 5.75 Å². The van der Waals surface area contributed by atoms with Gasteiger partial charge in [0.05, 0.1) is 38.7 Å². The molecule has 7 aromatic carbocycles. The first-order valence-corrected chi connectivity index (χ1v) is 21.3. The Kier molecular flexibility index (Phi) is 13.3. The third-order valence-corrected chi connectivity index (χ3v) is 11.4. The Morgan fingerprint density at radius 2 is 0.919 bits per heavy atom. The Morgan fingerprint density at radius 1 is 0.468 bits per heavy atom. The molecule has 62 heavy (non-hydrogen) atoms. The summed E-state index contributed by atoms with van der Waals surface area (Å²) in [5, 5.41) is 1.07. The van der Waals surface area contributed by atoms with Gasteiger partial charge in [-0.05, 0) is 51.6 Å². The van der Waals surface area contributed by atoms with Crippen molar-refractivity contribution in [3.8, 4) is 28.1 Å². The molecule has 0 aliphatic carbocycles. The molecule has 5 atom stereocenters. The van der Waals surface area contributed by atoms with Gasteiger partial charge in [0.15, 0.2) is 0 Å². The molecule has 1 aliphatic heterocycles. The van der Waals surface area contributed by atoms with Crippen LogP contribution in [0.3, 0.4) is 0 Å². The fraction of sp³-hybridized carbons (Fsp3) is 0.200. The molecule has 0 bridgehead atoms. The highest BCUT2D eigenvalue weighted by molar-refractivity contribution is 6.05. The molecule has 8 aromatic rings. The lowest BCUT2D eigenvalue weighted by molar-refractivity contribution is -0.310. The zero-order chi connectivity index (χ0) is 41.9. The third-order valence-electron chi connectivity index (χ3n) is 11.4. The van der Waals surface area contributed by atoms with E-state index in [1.165, 1.54) is 0 Å². The van der Waals surface area contributed by atoms with Gasteiger partial charge < -0.3 is 33.0 Å². The number of aryl methyl sites for hydroxylation is 1. The van der Waals surface area contributed by atoms with E-state index in [1.54, 1.807) is 0 Å². The third kappa shape index (κ3) is 9.74. The maximum absolute atomic E-state index is 7.06. The van der Waals surface area contributed by atoms with E-state index >= 15 is 0 Å². The second-order valence-electron chi connectivity index (χ2n) is 15.6. The van der Waals surface area contributed by atoms with Crippen LogP contribution >= 0.6 is 0 Å². The molecule has 1 aliphatic rings. The van der Waals surface area contributed by atoms with E-state index in [-0.39, 0.29) is 6.61 Å². The maximum Gasteiger partial charge on any atom is 0.229 e. The average molecular weight is 822 g/mol. The van der Waals surface area contributed by atoms with Gasteiger partial charge in [-0.2, -0.15) is 0 Å². The van der Waals surface area contributed by atoms with Gasteiger partial charge in [-0.1, -0.05) is 182 Å². The van der Waals surface area contributed by atoms with Crippen molar-refractivity contribution in [2.75, 3.05) is 6.61 Å². The second-order valence-corrected chi connectivity index (χ2v) is 15.6. The predicted molar refractivity (Wildman–Crippen MR) is 244 cm³/mol. The minimum Gasteiger partial charge on any atom is -0.462 e. The molecule has 7 nitrogen and oxygen atoms in total. The fourth-order valence-electron chi connectivity index (χ4n) is 8.30. The zero-order valence-corrected chi connectivity index (χ0v) is 34.9. The highest BCUT2D eigenvalue weighted by Gasteiger charge is 2.50. The van der Waals surface area contributed by atoms with E-state index in [9.17, 15) is 0 Å². The monoisotopic (exact) mass is 821 g/mol. The van der Waals surface area contributed by atoms with Crippen molar-refractivity contribution < 1.29 is 28.4 Å². The van der Waals surface area contributed by atoms with Crippen LogP contribution in [-0.4, -0.2) is 41.9 Å². The van der Waals surface area contributed by atoms with Crippen molar-refractivity contribution in [3.63, 3.8) is 0 Å². The van der Waals surface area contributed by atoms with Crippen LogP contribution in [0, 0.1) is 0 Å². The SMILES string of the molecule is Cn1c(-c2ccccc2)c(-c2ccccc2)c2cc(O[C@@H]3O[C@H](COCc4ccccc4)[C@@H](OCc4ccccc4)[C@H](OCc4ccccc4)[C@H]3OCc3ccccc3)ccc21. The Hall–Kier alpha value is -6.32. The van der Waals surface area contributed by atoms with Gasteiger partial charge in [-0.15, -0.1) is 0 Å². The molecule has 0 N–H and O–H groups in total. The summed E-state index contributed by atoms with van der Waals surface area (Å²) >= 11 is 0. The van der Waals surface area contributed by atoms with Gasteiger partial charge in [0.25, 0.3) is 0 Å². The Balaban J connectivity index is 1.11. The maximum atomic E-state index is 7.06. The topological polar surface area (TPSA) is 60.3 Å². The molecule has 312 valence electrons. The molecule has 7 heteroatoms. The van der Waals surface area contributed by atoms with Gasteiger partial charge >= 0.3 is 0 Å². The van der Waals surface area contributed by atoms with E-state index < -0.39 is 30.7 Å². The minimum atomic E-state index is -0.892. The van der Waals surface area contributed by atoms with Gasteiger partial charge in [-0.25, -0.2) is 0 Å². The van der Waals surface area contributed by atoms with Crippen LogP contribution in [0.4, 0.5) is 0 Å². The molecule has 0 saturated carbocycles. The van der Waals surface area contributed by atoms with Crippen LogP contribution in [0.25, 0.3) is 33.3 Å². The summed E-state index contributed by atoms with van der Waals surface area (Å²) in [5.41, 5.74) is 9.77. The van der Waals surface area contributed by atoms with Gasteiger partial charge in [-0.3, -0.25) is 0 Å². The van der Waals surface area contributed by atoms with E-state index in [0.29, 0.717) is 32.2 Å². The summed E-state index contributed by atoms with van der Waals surface area (Å²) in [6.45, 7) is 1.66. The largest absolute Gasteiger partial charge is 0.462 e. The lowest BCUT2D eigenvalue weighted by Crippen LogP contribution is -2.62. The Labute approximate surface area is 364 Å². The molecule has 1 fully saturated rings. The number of benzene rings is 7. The smallest absolute Gasteiger partial charge is 0.229 e. The lowest BCUT2D eigenvalue weighted by atomic mass is 9.97. The number of aromatic nitrogens is 1. The number of fused-ring (bicyclic) bond motifs is 1. The van der Waals surface area contributed by atoms with Gasteiger partial charge in [0.1, 0.15) is 30.2 Å². The van der Waals surface area contributed by atoms with Crippen LogP contribution < -0.4 is 4.74 Å².